The second-order valence-electron chi connectivity index (χ2n) is 9.35. The molecule has 222 valence electrons. The van der Waals surface area contributed by atoms with Crippen LogP contribution in [0, 0.1) is 3.57 Å². The van der Waals surface area contributed by atoms with Gasteiger partial charge in [-0.15, -0.1) is 0 Å². The van der Waals surface area contributed by atoms with E-state index in [1.165, 1.54) is 19.3 Å². The molecule has 0 radical (unpaired) electrons. The Bertz CT molecular complexity index is 1050. The molecule has 1 aliphatic heterocycles. The molecule has 1 aromatic carbocycles. The highest BCUT2D eigenvalue weighted by atomic mass is 127. The Labute approximate surface area is 247 Å². The standard InChI is InChI=1S/C27H38IN3O9/c1-3-38-17-24(34)31(6-5-30-7-10-39-11-8-30)21-14-19(27(36)29-4-9-32)15-22(25(21)35)40-26-20(28)12-18(16-33)13-23(26)37-2/h12-13,15-16,21-22,25,32,35H,3-11,14,17H2,1-2H3,(H,29,36). The molecule has 0 aromatic heterocycles. The van der Waals surface area contributed by atoms with E-state index in [9.17, 15) is 24.6 Å². The van der Waals surface area contributed by atoms with Crippen molar-refractivity contribution in [3.63, 3.8) is 0 Å². The van der Waals surface area contributed by atoms with E-state index in [4.69, 9.17) is 18.9 Å². The molecule has 12 nitrogen and oxygen atoms in total. The predicted molar refractivity (Wildman–Crippen MR) is 154 cm³/mol. The van der Waals surface area contributed by atoms with Crippen molar-refractivity contribution in [2.75, 3.05) is 72.9 Å². The van der Waals surface area contributed by atoms with E-state index in [2.05, 4.69) is 10.2 Å². The van der Waals surface area contributed by atoms with Crippen LogP contribution in [0.1, 0.15) is 23.7 Å². The van der Waals surface area contributed by atoms with E-state index in [0.29, 0.717) is 65.4 Å². The highest BCUT2D eigenvalue weighted by Crippen LogP contribution is 2.37. The van der Waals surface area contributed by atoms with Gasteiger partial charge in [-0.1, -0.05) is 0 Å². The van der Waals surface area contributed by atoms with Crippen molar-refractivity contribution >= 4 is 40.7 Å². The lowest BCUT2D eigenvalue weighted by Crippen LogP contribution is -2.57. The van der Waals surface area contributed by atoms with Crippen molar-refractivity contribution in [3.8, 4) is 11.5 Å². The third kappa shape index (κ3) is 8.60. The number of amides is 2. The van der Waals surface area contributed by atoms with Gasteiger partial charge >= 0.3 is 0 Å². The van der Waals surface area contributed by atoms with E-state index in [1.807, 2.05) is 22.6 Å². The molecule has 40 heavy (non-hydrogen) atoms. The maximum absolute atomic E-state index is 13.4. The number of morpholine rings is 1. The maximum Gasteiger partial charge on any atom is 0.248 e. The Kier molecular flexibility index (Phi) is 13.1. The summed E-state index contributed by atoms with van der Waals surface area (Å²) < 4.78 is 23.1. The zero-order chi connectivity index (χ0) is 29.1. The number of hydrogen-bond acceptors (Lipinski definition) is 10. The summed E-state index contributed by atoms with van der Waals surface area (Å²) in [5, 5.41) is 23.4. The van der Waals surface area contributed by atoms with Crippen LogP contribution in [0.5, 0.6) is 11.5 Å². The molecular weight excluding hydrogens is 637 g/mol. The molecule has 0 bridgehead atoms. The van der Waals surface area contributed by atoms with Gasteiger partial charge in [-0.25, -0.2) is 0 Å². The van der Waals surface area contributed by atoms with Crippen LogP contribution in [0.25, 0.3) is 0 Å². The molecule has 0 spiro atoms. The van der Waals surface area contributed by atoms with Gasteiger partial charge in [0.15, 0.2) is 11.5 Å². The highest BCUT2D eigenvalue weighted by Gasteiger charge is 2.41. The van der Waals surface area contributed by atoms with Crippen LogP contribution in [-0.2, 0) is 19.1 Å². The molecule has 1 aliphatic carbocycles. The van der Waals surface area contributed by atoms with Gasteiger partial charge in [-0.2, -0.15) is 0 Å². The van der Waals surface area contributed by atoms with Crippen LogP contribution in [0.15, 0.2) is 23.8 Å². The zero-order valence-corrected chi connectivity index (χ0v) is 25.0. The lowest BCUT2D eigenvalue weighted by atomic mass is 9.88. The van der Waals surface area contributed by atoms with Gasteiger partial charge in [0.25, 0.3) is 0 Å². The summed E-state index contributed by atoms with van der Waals surface area (Å²) in [4.78, 5) is 41.5. The Morgan fingerprint density at radius 1 is 1.30 bits per heavy atom. The lowest BCUT2D eigenvalue weighted by molar-refractivity contribution is -0.143. The third-order valence-electron chi connectivity index (χ3n) is 6.77. The molecule has 1 aromatic rings. The van der Waals surface area contributed by atoms with Crippen molar-refractivity contribution in [1.29, 1.82) is 0 Å². The quantitative estimate of drug-likeness (QED) is 0.185. The van der Waals surface area contributed by atoms with Crippen LogP contribution in [-0.4, -0.2) is 129 Å². The predicted octanol–water partition coefficient (Wildman–Crippen LogP) is 0.225. The fraction of sp³-hybridized carbons (Fsp3) is 0.593. The Hall–Kier alpha value is -2.30. The highest BCUT2D eigenvalue weighted by molar-refractivity contribution is 14.1. The number of hydrogen-bond donors (Lipinski definition) is 3. The minimum Gasteiger partial charge on any atom is -0.493 e. The SMILES string of the molecule is CCOCC(=O)N(CCN1CCOCC1)C1CC(C(=O)NCCO)=CC(Oc2c(I)cc(C=O)cc2OC)C1O. The van der Waals surface area contributed by atoms with Crippen LogP contribution in [0.2, 0.25) is 0 Å². The maximum atomic E-state index is 13.4. The van der Waals surface area contributed by atoms with Crippen molar-refractivity contribution in [3.05, 3.63) is 32.9 Å². The third-order valence-corrected chi connectivity index (χ3v) is 7.57. The van der Waals surface area contributed by atoms with Crippen LogP contribution in [0.3, 0.4) is 0 Å². The molecule has 0 saturated carbocycles. The molecule has 1 fully saturated rings. The topological polar surface area (TPSA) is 147 Å². The molecule has 13 heteroatoms. The molecule has 1 heterocycles. The number of benzene rings is 1. The van der Waals surface area contributed by atoms with E-state index in [0.717, 1.165) is 13.1 Å². The number of nitrogens with zero attached hydrogens (tertiary/aromatic N) is 2. The first-order chi connectivity index (χ1) is 19.3. The number of carbonyl (C=O) groups is 3. The Morgan fingerprint density at radius 3 is 2.70 bits per heavy atom. The van der Waals surface area contributed by atoms with Gasteiger partial charge in [0, 0.05) is 56.9 Å². The Morgan fingerprint density at radius 2 is 2.05 bits per heavy atom. The van der Waals surface area contributed by atoms with Crippen molar-refractivity contribution < 1.29 is 43.5 Å². The van der Waals surface area contributed by atoms with Crippen LogP contribution < -0.4 is 14.8 Å². The minimum atomic E-state index is -1.20. The van der Waals surface area contributed by atoms with E-state index < -0.39 is 24.2 Å². The molecule has 3 unspecified atom stereocenters. The monoisotopic (exact) mass is 675 g/mol. The average Bonchev–Trinajstić information content (AvgIpc) is 2.97. The van der Waals surface area contributed by atoms with Gasteiger partial charge in [0.1, 0.15) is 25.1 Å². The van der Waals surface area contributed by atoms with Crippen LogP contribution in [0.4, 0.5) is 0 Å². The van der Waals surface area contributed by atoms with Crippen molar-refractivity contribution in [2.45, 2.75) is 31.6 Å². The molecule has 1 saturated heterocycles. The summed E-state index contributed by atoms with van der Waals surface area (Å²) in [5.41, 5.74) is 0.707. The van der Waals surface area contributed by atoms with Gasteiger partial charge in [-0.3, -0.25) is 19.3 Å². The van der Waals surface area contributed by atoms with Crippen LogP contribution >= 0.6 is 22.6 Å². The number of halogens is 1. The number of aldehydes is 1. The normalized spacial score (nSPS) is 21.3. The summed E-state index contributed by atoms with van der Waals surface area (Å²) in [6.07, 6.45) is 0.0847. The number of methoxy groups -OCH3 is 1. The molecule has 2 aliphatic rings. The first-order valence-corrected chi connectivity index (χ1v) is 14.3. The number of aliphatic hydroxyl groups excluding tert-OH is 2. The first kappa shape index (κ1) is 32.2. The molecule has 2 amide bonds. The van der Waals surface area contributed by atoms with Crippen molar-refractivity contribution in [2.24, 2.45) is 0 Å². The molecular formula is C27H38IN3O9. The second-order valence-corrected chi connectivity index (χ2v) is 10.5. The van der Waals surface area contributed by atoms with E-state index in [-0.39, 0.29) is 32.1 Å². The number of aliphatic hydroxyl groups is 2. The van der Waals surface area contributed by atoms with Gasteiger partial charge < -0.3 is 39.4 Å². The summed E-state index contributed by atoms with van der Waals surface area (Å²) in [5.74, 6) is -0.148. The van der Waals surface area contributed by atoms with Crippen molar-refractivity contribution in [1.82, 2.24) is 15.1 Å². The number of carbonyl (C=O) groups excluding carboxylic acids is 3. The summed E-state index contributed by atoms with van der Waals surface area (Å²) >= 11 is 2.01. The number of ether oxygens (including phenoxy) is 4. The first-order valence-electron chi connectivity index (χ1n) is 13.3. The van der Waals surface area contributed by atoms with Gasteiger partial charge in [0.2, 0.25) is 11.8 Å². The zero-order valence-electron chi connectivity index (χ0n) is 22.8. The minimum absolute atomic E-state index is 0.0534. The fourth-order valence-electron chi connectivity index (χ4n) is 4.66. The summed E-state index contributed by atoms with van der Waals surface area (Å²) in [7, 11) is 1.44. The average molecular weight is 676 g/mol. The lowest BCUT2D eigenvalue weighted by Gasteiger charge is -2.41. The smallest absolute Gasteiger partial charge is 0.248 e. The summed E-state index contributed by atoms with van der Waals surface area (Å²) in [6, 6.07) is 2.35. The Balaban J connectivity index is 1.95. The number of rotatable bonds is 14. The molecule has 3 N–H and O–H groups in total. The van der Waals surface area contributed by atoms with E-state index >= 15 is 0 Å². The second kappa shape index (κ2) is 16.2. The van der Waals surface area contributed by atoms with Gasteiger partial charge in [-0.05, 0) is 47.7 Å². The fourth-order valence-corrected chi connectivity index (χ4v) is 5.41. The molecule has 3 atom stereocenters. The number of nitrogens with one attached hydrogen (secondary N) is 1. The van der Waals surface area contributed by atoms with Gasteiger partial charge in [0.05, 0.1) is 36.5 Å². The molecule has 3 rings (SSSR count). The largest absolute Gasteiger partial charge is 0.493 e. The summed E-state index contributed by atoms with van der Waals surface area (Å²) in [6.45, 7) is 5.35. The van der Waals surface area contributed by atoms with E-state index in [1.54, 1.807) is 17.9 Å².